The van der Waals surface area contributed by atoms with E-state index in [-0.39, 0.29) is 0 Å². The Hall–Kier alpha value is -1.16. The van der Waals surface area contributed by atoms with Crippen LogP contribution < -0.4 is 0 Å². The molecule has 1 aromatic rings. The highest BCUT2D eigenvalue weighted by atomic mass is 16.4. The van der Waals surface area contributed by atoms with Crippen molar-refractivity contribution in [3.63, 3.8) is 0 Å². The predicted molar refractivity (Wildman–Crippen MR) is 36.9 cm³/mol. The Bertz CT molecular complexity index is 160. The molecular formula is C6H10N2O2. The van der Waals surface area contributed by atoms with E-state index in [1.807, 2.05) is 0 Å². The lowest BCUT2D eigenvalue weighted by atomic mass is 10.5. The molecule has 1 aromatic heterocycles. The van der Waals surface area contributed by atoms with Crippen molar-refractivity contribution >= 4 is 6.29 Å². The minimum atomic E-state index is 0.514. The van der Waals surface area contributed by atoms with E-state index in [1.54, 1.807) is 20.3 Å². The number of nitrogens with zero attached hydrogens (tertiary/aromatic N) is 1. The van der Waals surface area contributed by atoms with Crippen LogP contribution in [-0.4, -0.2) is 30.7 Å². The number of methoxy groups -OCH3 is 1. The first-order valence-electron chi connectivity index (χ1n) is 2.69. The van der Waals surface area contributed by atoms with E-state index in [0.29, 0.717) is 12.0 Å². The second-order valence-corrected chi connectivity index (χ2v) is 1.54. The Kier molecular flexibility index (Phi) is 5.28. The third-order valence-corrected chi connectivity index (χ3v) is 0.649. The molecule has 1 N–H and O–H groups in total. The van der Waals surface area contributed by atoms with Crippen molar-refractivity contribution < 1.29 is 9.53 Å². The first-order valence-corrected chi connectivity index (χ1v) is 2.69. The Balaban J connectivity index is 0.000000236. The largest absolute Gasteiger partial charge is 0.388 e. The van der Waals surface area contributed by atoms with E-state index in [0.717, 1.165) is 0 Å². The lowest BCUT2D eigenvalue weighted by Crippen LogP contribution is -1.75. The van der Waals surface area contributed by atoms with E-state index in [2.05, 4.69) is 14.9 Å². The third-order valence-electron chi connectivity index (χ3n) is 0.649. The number of aromatic nitrogens is 2. The molecule has 0 fully saturated rings. The van der Waals surface area contributed by atoms with Gasteiger partial charge in [-0.2, -0.15) is 5.10 Å². The molecule has 4 nitrogen and oxygen atoms in total. The molecule has 0 amide bonds. The quantitative estimate of drug-likeness (QED) is 0.580. The Labute approximate surface area is 59.2 Å². The summed E-state index contributed by atoms with van der Waals surface area (Å²) in [7, 11) is 3.25. The van der Waals surface area contributed by atoms with Gasteiger partial charge in [0.2, 0.25) is 0 Å². The van der Waals surface area contributed by atoms with Crippen molar-refractivity contribution in [2.45, 2.75) is 0 Å². The molecule has 0 aliphatic heterocycles. The zero-order valence-electron chi connectivity index (χ0n) is 6.00. The first-order chi connectivity index (χ1) is 4.85. The number of aromatic amines is 1. The summed E-state index contributed by atoms with van der Waals surface area (Å²) in [4.78, 5) is 9.80. The van der Waals surface area contributed by atoms with Gasteiger partial charge >= 0.3 is 0 Å². The molecule has 0 unspecified atom stereocenters. The van der Waals surface area contributed by atoms with Gasteiger partial charge < -0.3 is 4.74 Å². The van der Waals surface area contributed by atoms with Crippen LogP contribution in [0.1, 0.15) is 10.5 Å². The molecule has 1 heterocycles. The van der Waals surface area contributed by atoms with Crippen LogP contribution in [0.4, 0.5) is 0 Å². The molecule has 0 aliphatic rings. The summed E-state index contributed by atoms with van der Waals surface area (Å²) in [5, 5.41) is 6.01. The van der Waals surface area contributed by atoms with Crippen LogP contribution in [0.25, 0.3) is 0 Å². The summed E-state index contributed by atoms with van der Waals surface area (Å²) in [6.45, 7) is 0. The predicted octanol–water partition coefficient (Wildman–Crippen LogP) is 0.485. The van der Waals surface area contributed by atoms with Crippen molar-refractivity contribution in [2.24, 2.45) is 0 Å². The maximum atomic E-state index is 9.80. The Morgan fingerprint density at radius 1 is 1.70 bits per heavy atom. The van der Waals surface area contributed by atoms with Crippen molar-refractivity contribution in [3.05, 3.63) is 18.0 Å². The molecule has 0 aliphatic carbocycles. The Morgan fingerprint density at radius 3 is 2.50 bits per heavy atom. The summed E-state index contributed by atoms with van der Waals surface area (Å²) in [6.07, 6.45) is 2.25. The van der Waals surface area contributed by atoms with Crippen LogP contribution in [0.3, 0.4) is 0 Å². The van der Waals surface area contributed by atoms with Gasteiger partial charge in [-0.05, 0) is 6.07 Å². The van der Waals surface area contributed by atoms with Gasteiger partial charge in [0.25, 0.3) is 0 Å². The van der Waals surface area contributed by atoms with E-state index in [9.17, 15) is 4.79 Å². The monoisotopic (exact) mass is 142 g/mol. The third kappa shape index (κ3) is 3.80. The maximum absolute atomic E-state index is 9.80. The van der Waals surface area contributed by atoms with Gasteiger partial charge in [0.1, 0.15) is 0 Å². The van der Waals surface area contributed by atoms with Gasteiger partial charge in [-0.25, -0.2) is 0 Å². The molecule has 10 heavy (non-hydrogen) atoms. The van der Waals surface area contributed by atoms with Gasteiger partial charge in [-0.3, -0.25) is 9.89 Å². The summed E-state index contributed by atoms with van der Waals surface area (Å²) in [5.41, 5.74) is 0.514. The number of aldehydes is 1. The lowest BCUT2D eigenvalue weighted by Gasteiger charge is -1.68. The topological polar surface area (TPSA) is 55.0 Å². The number of hydrogen-bond acceptors (Lipinski definition) is 3. The normalized spacial score (nSPS) is 7.80. The van der Waals surface area contributed by atoms with Crippen LogP contribution in [0.5, 0.6) is 0 Å². The number of rotatable bonds is 1. The standard InChI is InChI=1S/C4H4N2O.C2H6O/c7-3-4-1-2-5-6-4;1-3-2/h1-3H,(H,5,6);1-2H3. The van der Waals surface area contributed by atoms with E-state index in [4.69, 9.17) is 0 Å². The maximum Gasteiger partial charge on any atom is 0.167 e. The highest BCUT2D eigenvalue weighted by Gasteiger charge is 1.82. The van der Waals surface area contributed by atoms with E-state index in [1.165, 1.54) is 6.20 Å². The average molecular weight is 142 g/mol. The van der Waals surface area contributed by atoms with Crippen LogP contribution in [0.2, 0.25) is 0 Å². The number of ether oxygens (including phenoxy) is 1. The molecule has 0 bridgehead atoms. The molecule has 0 saturated carbocycles. The van der Waals surface area contributed by atoms with Crippen LogP contribution in [0, 0.1) is 0 Å². The fraction of sp³-hybridized carbons (Fsp3) is 0.333. The number of nitrogens with one attached hydrogen (secondary N) is 1. The highest BCUT2D eigenvalue weighted by Crippen LogP contribution is 1.81. The van der Waals surface area contributed by atoms with E-state index < -0.39 is 0 Å². The zero-order chi connectivity index (χ0) is 7.82. The van der Waals surface area contributed by atoms with Crippen molar-refractivity contribution in [1.29, 1.82) is 0 Å². The molecule has 0 atom stereocenters. The fourth-order valence-electron chi connectivity index (χ4n) is 0.332. The second kappa shape index (κ2) is 5.97. The van der Waals surface area contributed by atoms with Crippen LogP contribution in [0.15, 0.2) is 12.3 Å². The molecule has 0 saturated heterocycles. The number of carbonyl (C=O) groups is 1. The number of H-pyrrole nitrogens is 1. The molecule has 0 radical (unpaired) electrons. The van der Waals surface area contributed by atoms with Gasteiger partial charge in [0.05, 0.1) is 5.69 Å². The molecule has 56 valence electrons. The van der Waals surface area contributed by atoms with Gasteiger partial charge in [-0.1, -0.05) is 0 Å². The fourth-order valence-corrected chi connectivity index (χ4v) is 0.332. The summed E-state index contributed by atoms with van der Waals surface area (Å²) in [5.74, 6) is 0. The zero-order valence-corrected chi connectivity index (χ0v) is 6.00. The minimum Gasteiger partial charge on any atom is -0.388 e. The van der Waals surface area contributed by atoms with Crippen LogP contribution >= 0.6 is 0 Å². The Morgan fingerprint density at radius 2 is 2.30 bits per heavy atom. The highest BCUT2D eigenvalue weighted by molar-refractivity contribution is 5.70. The summed E-state index contributed by atoms with van der Waals surface area (Å²) < 4.78 is 4.25. The second-order valence-electron chi connectivity index (χ2n) is 1.54. The van der Waals surface area contributed by atoms with Crippen molar-refractivity contribution in [2.75, 3.05) is 14.2 Å². The molecule has 0 spiro atoms. The average Bonchev–Trinajstić information content (AvgIpc) is 2.39. The van der Waals surface area contributed by atoms with Crippen molar-refractivity contribution in [3.8, 4) is 0 Å². The SMILES string of the molecule is COC.O=Cc1ccn[nH]1. The van der Waals surface area contributed by atoms with E-state index >= 15 is 0 Å². The molecular weight excluding hydrogens is 132 g/mol. The smallest absolute Gasteiger partial charge is 0.167 e. The van der Waals surface area contributed by atoms with Gasteiger partial charge in [0, 0.05) is 20.4 Å². The number of hydrogen-bond donors (Lipinski definition) is 1. The lowest BCUT2D eigenvalue weighted by molar-refractivity contribution is 0.111. The number of carbonyl (C=O) groups excluding carboxylic acids is 1. The molecule has 4 heteroatoms. The summed E-state index contributed by atoms with van der Waals surface area (Å²) >= 11 is 0. The summed E-state index contributed by atoms with van der Waals surface area (Å²) in [6, 6.07) is 1.60. The molecule has 1 rings (SSSR count). The first kappa shape index (κ1) is 8.84. The molecule has 0 aromatic carbocycles. The van der Waals surface area contributed by atoms with Crippen molar-refractivity contribution in [1.82, 2.24) is 10.2 Å². The van der Waals surface area contributed by atoms with Crippen LogP contribution in [-0.2, 0) is 4.74 Å². The minimum absolute atomic E-state index is 0.514. The van der Waals surface area contributed by atoms with Gasteiger partial charge in [-0.15, -0.1) is 0 Å². The van der Waals surface area contributed by atoms with Gasteiger partial charge in [0.15, 0.2) is 6.29 Å².